The molecule has 0 bridgehead atoms. The summed E-state index contributed by atoms with van der Waals surface area (Å²) in [6, 6.07) is 0. The summed E-state index contributed by atoms with van der Waals surface area (Å²) in [7, 11) is 0. The molecular weight excluding hydrogens is 186 g/mol. The van der Waals surface area contributed by atoms with Gasteiger partial charge in [-0.3, -0.25) is 0 Å². The van der Waals surface area contributed by atoms with Crippen LogP contribution in [0.4, 0.5) is 0 Å². The molecule has 3 nitrogen and oxygen atoms in total. The molecule has 1 aromatic heterocycles. The van der Waals surface area contributed by atoms with Crippen molar-refractivity contribution in [3.05, 3.63) is 23.3 Å². The van der Waals surface area contributed by atoms with E-state index >= 15 is 0 Å². The van der Waals surface area contributed by atoms with Crippen molar-refractivity contribution >= 4 is 0 Å². The van der Waals surface area contributed by atoms with Gasteiger partial charge in [-0.05, 0) is 50.6 Å². The van der Waals surface area contributed by atoms with Crippen molar-refractivity contribution in [3.63, 3.8) is 0 Å². The van der Waals surface area contributed by atoms with Crippen LogP contribution in [0.3, 0.4) is 0 Å². The first-order chi connectivity index (χ1) is 7.42. The van der Waals surface area contributed by atoms with Crippen molar-refractivity contribution in [2.24, 2.45) is 5.73 Å². The highest BCUT2D eigenvalue weighted by molar-refractivity contribution is 5.26. The third-order valence-electron chi connectivity index (χ3n) is 3.08. The van der Waals surface area contributed by atoms with E-state index in [9.17, 15) is 0 Å². The molecule has 2 rings (SSSR count). The smallest absolute Gasteiger partial charge is 0.115 e. The lowest BCUT2D eigenvalue weighted by Gasteiger charge is -2.09. The minimum absolute atomic E-state index is 0.749. The van der Waals surface area contributed by atoms with Crippen LogP contribution in [0.25, 0.3) is 0 Å². The number of nitrogens with two attached hydrogens (primary N) is 1. The normalized spacial score (nSPS) is 15.8. The lowest BCUT2D eigenvalue weighted by molar-refractivity contribution is 0.707. The Morgan fingerprint density at radius 1 is 1.13 bits per heavy atom. The number of rotatable bonds is 3. The average molecular weight is 205 g/mol. The van der Waals surface area contributed by atoms with Crippen LogP contribution in [0.5, 0.6) is 0 Å². The van der Waals surface area contributed by atoms with Crippen molar-refractivity contribution < 1.29 is 0 Å². The van der Waals surface area contributed by atoms with Gasteiger partial charge in [-0.2, -0.15) is 0 Å². The van der Waals surface area contributed by atoms with E-state index in [1.54, 1.807) is 6.33 Å². The Bertz CT molecular complexity index is 323. The molecule has 0 radical (unpaired) electrons. The number of nitrogens with zero attached hydrogens (tertiary/aromatic N) is 2. The van der Waals surface area contributed by atoms with E-state index in [-0.39, 0.29) is 0 Å². The highest BCUT2D eigenvalue weighted by Crippen LogP contribution is 2.21. The first-order valence-electron chi connectivity index (χ1n) is 5.93. The van der Waals surface area contributed by atoms with Gasteiger partial charge in [-0.25, -0.2) is 9.97 Å². The Morgan fingerprint density at radius 2 is 2.00 bits per heavy atom. The van der Waals surface area contributed by atoms with Crippen LogP contribution >= 0.6 is 0 Å². The van der Waals surface area contributed by atoms with Crippen molar-refractivity contribution in [2.45, 2.75) is 44.9 Å². The lowest BCUT2D eigenvalue weighted by Crippen LogP contribution is -2.07. The van der Waals surface area contributed by atoms with Crippen LogP contribution in [0.2, 0.25) is 0 Å². The SMILES string of the molecule is NCCCc1ncnc2c1CCCCC2. The summed E-state index contributed by atoms with van der Waals surface area (Å²) in [6.45, 7) is 0.749. The fourth-order valence-electron chi connectivity index (χ4n) is 2.25. The molecule has 0 atom stereocenters. The van der Waals surface area contributed by atoms with E-state index in [1.165, 1.54) is 36.2 Å². The summed E-state index contributed by atoms with van der Waals surface area (Å²) >= 11 is 0. The van der Waals surface area contributed by atoms with Crippen LogP contribution in [0.1, 0.15) is 42.6 Å². The van der Waals surface area contributed by atoms with E-state index in [1.807, 2.05) is 0 Å². The molecule has 2 N–H and O–H groups in total. The highest BCUT2D eigenvalue weighted by atomic mass is 14.8. The van der Waals surface area contributed by atoms with Crippen LogP contribution < -0.4 is 5.73 Å². The molecule has 1 aromatic rings. The molecule has 0 aromatic carbocycles. The van der Waals surface area contributed by atoms with Gasteiger partial charge in [0.1, 0.15) is 6.33 Å². The van der Waals surface area contributed by atoms with Gasteiger partial charge in [0, 0.05) is 11.4 Å². The fraction of sp³-hybridized carbons (Fsp3) is 0.667. The number of fused-ring (bicyclic) bond motifs is 1. The average Bonchev–Trinajstić information content (AvgIpc) is 2.51. The Balaban J connectivity index is 2.22. The van der Waals surface area contributed by atoms with E-state index in [0.29, 0.717) is 0 Å². The van der Waals surface area contributed by atoms with E-state index < -0.39 is 0 Å². The molecule has 1 aliphatic rings. The monoisotopic (exact) mass is 205 g/mol. The van der Waals surface area contributed by atoms with Gasteiger partial charge >= 0.3 is 0 Å². The van der Waals surface area contributed by atoms with Gasteiger partial charge in [0.25, 0.3) is 0 Å². The quantitative estimate of drug-likeness (QED) is 0.763. The molecule has 0 fully saturated rings. The third-order valence-corrected chi connectivity index (χ3v) is 3.08. The third kappa shape index (κ3) is 2.53. The Kier molecular flexibility index (Phi) is 3.67. The molecule has 0 amide bonds. The number of aromatic nitrogens is 2. The summed E-state index contributed by atoms with van der Waals surface area (Å²) in [5.41, 5.74) is 9.49. The summed E-state index contributed by atoms with van der Waals surface area (Å²) in [6.07, 6.45) is 9.95. The molecule has 0 saturated carbocycles. The molecule has 82 valence electrons. The van der Waals surface area contributed by atoms with Crippen molar-refractivity contribution in [2.75, 3.05) is 6.54 Å². The predicted molar refractivity (Wildman–Crippen MR) is 60.7 cm³/mol. The first-order valence-corrected chi connectivity index (χ1v) is 5.93. The van der Waals surface area contributed by atoms with Crippen molar-refractivity contribution in [1.29, 1.82) is 0 Å². The molecule has 1 aliphatic carbocycles. The molecule has 15 heavy (non-hydrogen) atoms. The Morgan fingerprint density at radius 3 is 2.87 bits per heavy atom. The summed E-state index contributed by atoms with van der Waals surface area (Å²) in [5, 5.41) is 0. The molecule has 0 unspecified atom stereocenters. The Labute approximate surface area is 91.1 Å². The zero-order chi connectivity index (χ0) is 10.5. The van der Waals surface area contributed by atoms with Crippen LogP contribution in [0.15, 0.2) is 6.33 Å². The lowest BCUT2D eigenvalue weighted by atomic mass is 10.0. The summed E-state index contributed by atoms with van der Waals surface area (Å²) in [4.78, 5) is 8.81. The Hall–Kier alpha value is -0.960. The van der Waals surface area contributed by atoms with Gasteiger partial charge < -0.3 is 5.73 Å². The van der Waals surface area contributed by atoms with Crippen LogP contribution in [0, 0.1) is 0 Å². The minimum Gasteiger partial charge on any atom is -0.330 e. The standard InChI is InChI=1S/C12H19N3/c13-8-4-7-12-10-5-2-1-3-6-11(10)14-9-15-12/h9H,1-8,13H2. The second-order valence-electron chi connectivity index (χ2n) is 4.20. The molecule has 0 saturated heterocycles. The molecule has 0 spiro atoms. The van der Waals surface area contributed by atoms with Gasteiger partial charge in [-0.1, -0.05) is 6.42 Å². The molecule has 0 aliphatic heterocycles. The van der Waals surface area contributed by atoms with Gasteiger partial charge in [0.15, 0.2) is 0 Å². The van der Waals surface area contributed by atoms with Gasteiger partial charge in [0.2, 0.25) is 0 Å². The second-order valence-corrected chi connectivity index (χ2v) is 4.20. The van der Waals surface area contributed by atoms with Crippen LogP contribution in [-0.4, -0.2) is 16.5 Å². The summed E-state index contributed by atoms with van der Waals surface area (Å²) in [5.74, 6) is 0. The van der Waals surface area contributed by atoms with Crippen molar-refractivity contribution in [3.8, 4) is 0 Å². The maximum atomic E-state index is 5.54. The maximum absolute atomic E-state index is 5.54. The maximum Gasteiger partial charge on any atom is 0.115 e. The predicted octanol–water partition coefficient (Wildman–Crippen LogP) is 1.64. The molecule has 3 heteroatoms. The van der Waals surface area contributed by atoms with E-state index in [2.05, 4.69) is 9.97 Å². The highest BCUT2D eigenvalue weighted by Gasteiger charge is 2.13. The van der Waals surface area contributed by atoms with Crippen molar-refractivity contribution in [1.82, 2.24) is 9.97 Å². The fourth-order valence-corrected chi connectivity index (χ4v) is 2.25. The zero-order valence-corrected chi connectivity index (χ0v) is 9.21. The molecular formula is C12H19N3. The van der Waals surface area contributed by atoms with Crippen LogP contribution in [-0.2, 0) is 19.3 Å². The topological polar surface area (TPSA) is 51.8 Å². The van der Waals surface area contributed by atoms with E-state index in [4.69, 9.17) is 5.73 Å². The van der Waals surface area contributed by atoms with E-state index in [0.717, 1.165) is 32.2 Å². The number of hydrogen-bond acceptors (Lipinski definition) is 3. The molecule has 1 heterocycles. The summed E-state index contributed by atoms with van der Waals surface area (Å²) < 4.78 is 0. The largest absolute Gasteiger partial charge is 0.330 e. The first kappa shape index (κ1) is 10.6. The minimum atomic E-state index is 0.749. The van der Waals surface area contributed by atoms with Gasteiger partial charge in [-0.15, -0.1) is 0 Å². The second kappa shape index (κ2) is 5.21. The zero-order valence-electron chi connectivity index (χ0n) is 9.21. The number of hydrogen-bond donors (Lipinski definition) is 1. The number of aryl methyl sites for hydroxylation is 2. The van der Waals surface area contributed by atoms with Gasteiger partial charge in [0.05, 0.1) is 0 Å².